The van der Waals surface area contributed by atoms with Gasteiger partial charge < -0.3 is 10.1 Å². The number of anilines is 1. The van der Waals surface area contributed by atoms with Crippen LogP contribution >= 0.6 is 0 Å². The fourth-order valence-corrected chi connectivity index (χ4v) is 2.86. The van der Waals surface area contributed by atoms with E-state index in [1.165, 1.54) is 4.90 Å². The summed E-state index contributed by atoms with van der Waals surface area (Å²) in [4.78, 5) is 26.5. The number of amides is 2. The summed E-state index contributed by atoms with van der Waals surface area (Å²) >= 11 is 0. The van der Waals surface area contributed by atoms with Crippen LogP contribution < -0.4 is 15.0 Å². The van der Waals surface area contributed by atoms with Crippen molar-refractivity contribution < 1.29 is 14.3 Å². The summed E-state index contributed by atoms with van der Waals surface area (Å²) in [6.45, 7) is 6.24. The number of carbonyl (C=O) groups is 2. The first kappa shape index (κ1) is 18.7. The molecular weight excluding hydrogens is 340 g/mol. The van der Waals surface area contributed by atoms with E-state index >= 15 is 0 Å². The third-order valence-electron chi connectivity index (χ3n) is 4.47. The summed E-state index contributed by atoms with van der Waals surface area (Å²) in [6, 6.07) is 15.3. The normalized spacial score (nSPS) is 15.3. The standard InChI is InChI=1S/C22H24N2O3/c1-22(2,3)16-10-11-18-17(13-16)24(14-20(25)23-4)21(26)19(27-18)12-15-8-6-5-7-9-15/h5-13H,14H2,1-4H3,(H,23,25)/b19-12-. The van der Waals surface area contributed by atoms with Crippen molar-refractivity contribution in [2.24, 2.45) is 0 Å². The van der Waals surface area contributed by atoms with E-state index in [0.29, 0.717) is 11.4 Å². The van der Waals surface area contributed by atoms with Gasteiger partial charge in [0.15, 0.2) is 11.5 Å². The van der Waals surface area contributed by atoms with Crippen molar-refractivity contribution in [1.29, 1.82) is 0 Å². The molecule has 5 heteroatoms. The van der Waals surface area contributed by atoms with E-state index in [1.54, 1.807) is 13.1 Å². The van der Waals surface area contributed by atoms with Crippen LogP contribution in [0.15, 0.2) is 54.3 Å². The van der Waals surface area contributed by atoms with Gasteiger partial charge in [0.05, 0.1) is 5.69 Å². The molecule has 0 aliphatic carbocycles. The number of nitrogens with one attached hydrogen (secondary N) is 1. The highest BCUT2D eigenvalue weighted by molar-refractivity contribution is 6.12. The molecule has 140 valence electrons. The van der Waals surface area contributed by atoms with E-state index in [1.807, 2.05) is 48.5 Å². The molecular formula is C22H24N2O3. The fourth-order valence-electron chi connectivity index (χ4n) is 2.86. The van der Waals surface area contributed by atoms with Crippen molar-refractivity contribution in [2.75, 3.05) is 18.5 Å². The lowest BCUT2D eigenvalue weighted by atomic mass is 9.86. The first-order valence-electron chi connectivity index (χ1n) is 8.91. The van der Waals surface area contributed by atoms with Gasteiger partial charge in [-0.25, -0.2) is 0 Å². The molecule has 1 heterocycles. The Morgan fingerprint density at radius 1 is 1.15 bits per heavy atom. The zero-order valence-electron chi connectivity index (χ0n) is 16.1. The quantitative estimate of drug-likeness (QED) is 0.848. The molecule has 0 spiro atoms. The van der Waals surface area contributed by atoms with Gasteiger partial charge in [-0.1, -0.05) is 57.2 Å². The molecule has 2 amide bonds. The molecule has 0 fully saturated rings. The minimum absolute atomic E-state index is 0.0641. The van der Waals surface area contributed by atoms with Crippen molar-refractivity contribution in [3.8, 4) is 5.75 Å². The number of ether oxygens (including phenoxy) is 1. The molecule has 0 radical (unpaired) electrons. The smallest absolute Gasteiger partial charge is 0.294 e. The van der Waals surface area contributed by atoms with Gasteiger partial charge in [0.1, 0.15) is 6.54 Å². The Bertz CT molecular complexity index is 896. The second kappa shape index (κ2) is 7.27. The first-order valence-corrected chi connectivity index (χ1v) is 8.91. The van der Waals surface area contributed by atoms with Gasteiger partial charge >= 0.3 is 0 Å². The van der Waals surface area contributed by atoms with E-state index in [2.05, 4.69) is 26.1 Å². The van der Waals surface area contributed by atoms with Gasteiger partial charge in [0.25, 0.3) is 5.91 Å². The van der Waals surface area contributed by atoms with Crippen molar-refractivity contribution in [3.63, 3.8) is 0 Å². The molecule has 1 N–H and O–H groups in total. The molecule has 0 saturated heterocycles. The van der Waals surface area contributed by atoms with Crippen molar-refractivity contribution in [3.05, 3.63) is 65.4 Å². The average molecular weight is 364 g/mol. The summed E-state index contributed by atoms with van der Waals surface area (Å²) in [5, 5.41) is 2.58. The number of benzene rings is 2. The van der Waals surface area contributed by atoms with Gasteiger partial charge in [-0.05, 0) is 34.8 Å². The lowest BCUT2D eigenvalue weighted by Gasteiger charge is -2.31. The maximum absolute atomic E-state index is 13.1. The molecule has 1 aliphatic rings. The van der Waals surface area contributed by atoms with Crippen molar-refractivity contribution >= 4 is 23.6 Å². The molecule has 0 atom stereocenters. The van der Waals surface area contributed by atoms with Crippen LogP contribution in [0.2, 0.25) is 0 Å². The number of rotatable bonds is 3. The van der Waals surface area contributed by atoms with Crippen LogP contribution in [0.3, 0.4) is 0 Å². The molecule has 2 aromatic carbocycles. The molecule has 3 rings (SSSR count). The number of hydrogen-bond donors (Lipinski definition) is 1. The third kappa shape index (κ3) is 4.03. The van der Waals surface area contributed by atoms with Gasteiger partial charge in [-0.3, -0.25) is 14.5 Å². The Hall–Kier alpha value is -3.08. The van der Waals surface area contributed by atoms with Gasteiger partial charge in [0.2, 0.25) is 5.91 Å². The highest BCUT2D eigenvalue weighted by atomic mass is 16.5. The predicted molar refractivity (Wildman–Crippen MR) is 107 cm³/mol. The lowest BCUT2D eigenvalue weighted by molar-refractivity contribution is -0.123. The van der Waals surface area contributed by atoms with E-state index in [0.717, 1.165) is 11.1 Å². The maximum atomic E-state index is 13.1. The summed E-state index contributed by atoms with van der Waals surface area (Å²) in [7, 11) is 1.56. The topological polar surface area (TPSA) is 58.6 Å². The highest BCUT2D eigenvalue weighted by Crippen LogP contribution is 2.39. The number of hydrogen-bond acceptors (Lipinski definition) is 3. The zero-order chi connectivity index (χ0) is 19.6. The largest absolute Gasteiger partial charge is 0.449 e. The Morgan fingerprint density at radius 3 is 2.48 bits per heavy atom. The Morgan fingerprint density at radius 2 is 1.85 bits per heavy atom. The molecule has 27 heavy (non-hydrogen) atoms. The molecule has 1 aliphatic heterocycles. The molecule has 0 unspecified atom stereocenters. The van der Waals surface area contributed by atoms with Crippen LogP contribution in [0.5, 0.6) is 5.75 Å². The van der Waals surface area contributed by atoms with Crippen LogP contribution in [-0.2, 0) is 15.0 Å². The minimum Gasteiger partial charge on any atom is -0.449 e. The number of likely N-dealkylation sites (N-methyl/N-ethyl adjacent to an activating group) is 1. The number of fused-ring (bicyclic) bond motifs is 1. The van der Waals surface area contributed by atoms with Crippen molar-refractivity contribution in [2.45, 2.75) is 26.2 Å². The van der Waals surface area contributed by atoms with Crippen LogP contribution in [0, 0.1) is 0 Å². The molecule has 0 aromatic heterocycles. The number of carbonyl (C=O) groups excluding carboxylic acids is 2. The predicted octanol–water partition coefficient (Wildman–Crippen LogP) is 3.50. The summed E-state index contributed by atoms with van der Waals surface area (Å²) in [5.41, 5.74) is 2.45. The Balaban J connectivity index is 2.07. The Kier molecular flexibility index (Phi) is 5.04. The van der Waals surface area contributed by atoms with Crippen LogP contribution in [-0.4, -0.2) is 25.4 Å². The summed E-state index contributed by atoms with van der Waals surface area (Å²) < 4.78 is 5.90. The van der Waals surface area contributed by atoms with E-state index in [-0.39, 0.29) is 29.5 Å². The second-order valence-corrected chi connectivity index (χ2v) is 7.52. The van der Waals surface area contributed by atoms with Gasteiger partial charge in [-0.15, -0.1) is 0 Å². The average Bonchev–Trinajstić information content (AvgIpc) is 2.64. The molecule has 2 aromatic rings. The van der Waals surface area contributed by atoms with E-state index < -0.39 is 0 Å². The van der Waals surface area contributed by atoms with E-state index in [9.17, 15) is 9.59 Å². The van der Waals surface area contributed by atoms with Crippen molar-refractivity contribution in [1.82, 2.24) is 5.32 Å². The molecule has 0 saturated carbocycles. The Labute approximate surface area is 159 Å². The highest BCUT2D eigenvalue weighted by Gasteiger charge is 2.32. The monoisotopic (exact) mass is 364 g/mol. The van der Waals surface area contributed by atoms with Crippen LogP contribution in [0.1, 0.15) is 31.9 Å². The van der Waals surface area contributed by atoms with Gasteiger partial charge in [-0.2, -0.15) is 0 Å². The van der Waals surface area contributed by atoms with Gasteiger partial charge in [0, 0.05) is 7.05 Å². The second-order valence-electron chi connectivity index (χ2n) is 7.52. The first-order chi connectivity index (χ1) is 12.8. The fraction of sp³-hybridized carbons (Fsp3) is 0.273. The summed E-state index contributed by atoms with van der Waals surface area (Å²) in [6.07, 6.45) is 1.69. The SMILES string of the molecule is CNC(=O)CN1C(=O)/C(=C/c2ccccc2)Oc2ccc(C(C)(C)C)cc21. The lowest BCUT2D eigenvalue weighted by Crippen LogP contribution is -2.43. The van der Waals surface area contributed by atoms with E-state index in [4.69, 9.17) is 4.74 Å². The van der Waals surface area contributed by atoms with Crippen LogP contribution in [0.4, 0.5) is 5.69 Å². The maximum Gasteiger partial charge on any atom is 0.294 e. The number of nitrogens with zero attached hydrogens (tertiary/aromatic N) is 1. The molecule has 0 bridgehead atoms. The molecule has 5 nitrogen and oxygen atoms in total. The van der Waals surface area contributed by atoms with Crippen LogP contribution in [0.25, 0.3) is 6.08 Å². The third-order valence-corrected chi connectivity index (χ3v) is 4.47. The zero-order valence-corrected chi connectivity index (χ0v) is 16.1. The minimum atomic E-state index is -0.332. The summed E-state index contributed by atoms with van der Waals surface area (Å²) in [5.74, 6) is 0.187.